The molecule has 0 radical (unpaired) electrons. The van der Waals surface area contributed by atoms with Gasteiger partial charge in [0, 0.05) is 11.4 Å². The molecule has 1 heterocycles. The van der Waals surface area contributed by atoms with Crippen LogP contribution in [0.2, 0.25) is 0 Å². The molecule has 1 amide bonds. The molecule has 7 nitrogen and oxygen atoms in total. The van der Waals surface area contributed by atoms with Crippen LogP contribution >= 0.6 is 0 Å². The number of anilines is 2. The highest BCUT2D eigenvalue weighted by Crippen LogP contribution is 2.17. The number of nitrogens with one attached hydrogen (secondary N) is 2. The summed E-state index contributed by atoms with van der Waals surface area (Å²) in [5.41, 5.74) is 1.03. The summed E-state index contributed by atoms with van der Waals surface area (Å²) in [5.74, 6) is 0.336. The number of allylic oxidation sites excluding steroid dienone is 2. The van der Waals surface area contributed by atoms with E-state index in [1.807, 2.05) is 0 Å². The predicted octanol–water partition coefficient (Wildman–Crippen LogP) is 3.08. The number of nitrogens with zero attached hydrogens (tertiary/aromatic N) is 3. The average Bonchev–Trinajstić information content (AvgIpc) is 3.03. The van der Waals surface area contributed by atoms with Crippen molar-refractivity contribution >= 4 is 17.3 Å². The number of nitriles is 3. The molecule has 0 unspecified atom stereocenters. The summed E-state index contributed by atoms with van der Waals surface area (Å²) in [6.07, 6.45) is 1.37. The zero-order valence-corrected chi connectivity index (χ0v) is 12.6. The highest BCUT2D eigenvalue weighted by Gasteiger charge is 2.09. The first-order valence-electron chi connectivity index (χ1n) is 6.75. The maximum Gasteiger partial charge on any atom is 0.258 e. The third-order valence-electron chi connectivity index (χ3n) is 2.99. The zero-order chi connectivity index (χ0) is 17.5. The standard InChI is InChI=1S/C17H11N5O2/c1-11-6-12(10-24-11)17(23)22-15-4-2-14(3-5-15)21-16(9-20)13(7-18)8-19/h2-6,10,21H,1H3,(H,22,23). The van der Waals surface area contributed by atoms with E-state index in [9.17, 15) is 4.79 Å². The third-order valence-corrected chi connectivity index (χ3v) is 2.99. The van der Waals surface area contributed by atoms with Gasteiger partial charge in [-0.1, -0.05) is 0 Å². The van der Waals surface area contributed by atoms with E-state index in [4.69, 9.17) is 20.2 Å². The Morgan fingerprint density at radius 1 is 1.00 bits per heavy atom. The minimum atomic E-state index is -0.304. The molecule has 116 valence electrons. The van der Waals surface area contributed by atoms with Crippen molar-refractivity contribution in [3.05, 3.63) is 59.2 Å². The van der Waals surface area contributed by atoms with Gasteiger partial charge in [0.25, 0.3) is 5.91 Å². The van der Waals surface area contributed by atoms with Gasteiger partial charge in [0.05, 0.1) is 5.56 Å². The Hall–Kier alpha value is -4.02. The molecule has 7 heteroatoms. The summed E-state index contributed by atoms with van der Waals surface area (Å²) >= 11 is 0. The molecule has 1 aromatic heterocycles. The van der Waals surface area contributed by atoms with Crippen LogP contribution in [-0.2, 0) is 0 Å². The van der Waals surface area contributed by atoms with Crippen LogP contribution in [0.4, 0.5) is 11.4 Å². The molecule has 0 atom stereocenters. The van der Waals surface area contributed by atoms with Gasteiger partial charge in [-0.3, -0.25) is 4.79 Å². The topological polar surface area (TPSA) is 126 Å². The van der Waals surface area contributed by atoms with Crippen LogP contribution in [0.3, 0.4) is 0 Å². The minimum absolute atomic E-state index is 0.134. The van der Waals surface area contributed by atoms with E-state index >= 15 is 0 Å². The third kappa shape index (κ3) is 3.79. The van der Waals surface area contributed by atoms with Gasteiger partial charge < -0.3 is 15.1 Å². The van der Waals surface area contributed by atoms with Crippen molar-refractivity contribution < 1.29 is 9.21 Å². The molecule has 0 saturated carbocycles. The second kappa shape index (κ2) is 7.31. The Morgan fingerprint density at radius 2 is 1.58 bits per heavy atom. The van der Waals surface area contributed by atoms with Crippen LogP contribution in [-0.4, -0.2) is 5.91 Å². The summed E-state index contributed by atoms with van der Waals surface area (Å²) in [6.45, 7) is 1.74. The first-order chi connectivity index (χ1) is 11.6. The number of hydrogen-bond acceptors (Lipinski definition) is 6. The van der Waals surface area contributed by atoms with Gasteiger partial charge in [-0.15, -0.1) is 0 Å². The number of carbonyl (C=O) groups is 1. The molecule has 0 fully saturated rings. The largest absolute Gasteiger partial charge is 0.469 e. The van der Waals surface area contributed by atoms with E-state index in [1.54, 1.807) is 55.5 Å². The van der Waals surface area contributed by atoms with Crippen molar-refractivity contribution in [2.45, 2.75) is 6.92 Å². The van der Waals surface area contributed by atoms with Crippen molar-refractivity contribution in [1.82, 2.24) is 0 Å². The van der Waals surface area contributed by atoms with E-state index in [-0.39, 0.29) is 17.2 Å². The number of furan rings is 1. The molecule has 0 aliphatic rings. The molecule has 1 aromatic carbocycles. The van der Waals surface area contributed by atoms with E-state index < -0.39 is 0 Å². The van der Waals surface area contributed by atoms with Crippen LogP contribution in [0.1, 0.15) is 16.1 Å². The number of amides is 1. The second-order valence-corrected chi connectivity index (χ2v) is 4.69. The smallest absolute Gasteiger partial charge is 0.258 e. The number of carbonyl (C=O) groups excluding carboxylic acids is 1. The first-order valence-corrected chi connectivity index (χ1v) is 6.75. The summed E-state index contributed by atoms with van der Waals surface area (Å²) in [4.78, 5) is 12.0. The monoisotopic (exact) mass is 317 g/mol. The van der Waals surface area contributed by atoms with Crippen LogP contribution in [0.15, 0.2) is 52.3 Å². The highest BCUT2D eigenvalue weighted by atomic mass is 16.3. The SMILES string of the molecule is Cc1cc(C(=O)Nc2ccc(NC(C#N)=C(C#N)C#N)cc2)co1. The van der Waals surface area contributed by atoms with Crippen molar-refractivity contribution in [3.8, 4) is 18.2 Å². The molecular weight excluding hydrogens is 306 g/mol. The van der Waals surface area contributed by atoms with Crippen LogP contribution in [0.5, 0.6) is 0 Å². The fourth-order valence-electron chi connectivity index (χ4n) is 1.83. The molecule has 2 rings (SSSR count). The second-order valence-electron chi connectivity index (χ2n) is 4.69. The van der Waals surface area contributed by atoms with Gasteiger partial charge in [-0.25, -0.2) is 0 Å². The molecule has 2 aromatic rings. The number of rotatable bonds is 4. The van der Waals surface area contributed by atoms with Crippen LogP contribution in [0.25, 0.3) is 0 Å². The van der Waals surface area contributed by atoms with Crippen molar-refractivity contribution in [2.75, 3.05) is 10.6 Å². The lowest BCUT2D eigenvalue weighted by Gasteiger charge is -2.07. The molecule has 0 aliphatic carbocycles. The maximum absolute atomic E-state index is 12.0. The molecule has 0 aliphatic heterocycles. The Kier molecular flexibility index (Phi) is 4.98. The van der Waals surface area contributed by atoms with E-state index in [1.165, 1.54) is 6.26 Å². The summed E-state index contributed by atoms with van der Waals surface area (Å²) in [6, 6.07) is 13.2. The van der Waals surface area contributed by atoms with Crippen LogP contribution < -0.4 is 10.6 Å². The van der Waals surface area contributed by atoms with Gasteiger partial charge >= 0.3 is 0 Å². The quantitative estimate of drug-likeness (QED) is 0.834. The molecule has 0 bridgehead atoms. The van der Waals surface area contributed by atoms with Crippen molar-refractivity contribution in [3.63, 3.8) is 0 Å². The molecule has 2 N–H and O–H groups in total. The molecule has 0 spiro atoms. The molecular formula is C17H11N5O2. The minimum Gasteiger partial charge on any atom is -0.469 e. The highest BCUT2D eigenvalue weighted by molar-refractivity contribution is 6.04. The summed E-state index contributed by atoms with van der Waals surface area (Å²) in [5, 5.41) is 31.9. The Balaban J connectivity index is 2.10. The van der Waals surface area contributed by atoms with E-state index in [0.29, 0.717) is 22.7 Å². The number of hydrogen-bond donors (Lipinski definition) is 2. The van der Waals surface area contributed by atoms with Gasteiger partial charge in [-0.05, 0) is 37.3 Å². The number of benzene rings is 1. The zero-order valence-electron chi connectivity index (χ0n) is 12.6. The van der Waals surface area contributed by atoms with Gasteiger partial charge in [0.1, 0.15) is 35.9 Å². The number of aryl methyl sites for hydroxylation is 1. The van der Waals surface area contributed by atoms with Crippen molar-refractivity contribution in [2.24, 2.45) is 0 Å². The van der Waals surface area contributed by atoms with Gasteiger partial charge in [0.15, 0.2) is 5.57 Å². The Labute approximate surface area is 138 Å². The Bertz CT molecular complexity index is 902. The molecule has 24 heavy (non-hydrogen) atoms. The fourth-order valence-corrected chi connectivity index (χ4v) is 1.83. The van der Waals surface area contributed by atoms with Gasteiger partial charge in [0.2, 0.25) is 0 Å². The maximum atomic E-state index is 12.0. The summed E-state index contributed by atoms with van der Waals surface area (Å²) < 4.78 is 5.08. The lowest BCUT2D eigenvalue weighted by molar-refractivity contribution is 0.102. The Morgan fingerprint density at radius 3 is 2.04 bits per heavy atom. The molecule has 0 saturated heterocycles. The van der Waals surface area contributed by atoms with E-state index in [0.717, 1.165) is 0 Å². The lowest BCUT2D eigenvalue weighted by Crippen LogP contribution is -2.10. The van der Waals surface area contributed by atoms with Crippen LogP contribution in [0, 0.1) is 40.9 Å². The fraction of sp³-hybridized carbons (Fsp3) is 0.0588. The predicted molar refractivity (Wildman–Crippen MR) is 85.3 cm³/mol. The first kappa shape index (κ1) is 16.4. The van der Waals surface area contributed by atoms with E-state index in [2.05, 4.69) is 10.6 Å². The average molecular weight is 317 g/mol. The van der Waals surface area contributed by atoms with Gasteiger partial charge in [-0.2, -0.15) is 15.8 Å². The van der Waals surface area contributed by atoms with Crippen molar-refractivity contribution in [1.29, 1.82) is 15.8 Å². The normalized spacial score (nSPS) is 9.08. The summed E-state index contributed by atoms with van der Waals surface area (Å²) in [7, 11) is 0. The lowest BCUT2D eigenvalue weighted by atomic mass is 10.2.